The Morgan fingerprint density at radius 2 is 1.66 bits per heavy atom. The maximum atomic E-state index is 15.2. The van der Waals surface area contributed by atoms with Gasteiger partial charge in [-0.2, -0.15) is 0 Å². The number of carbonyl (C=O) groups is 1. The van der Waals surface area contributed by atoms with Crippen LogP contribution in [-0.4, -0.2) is 15.9 Å². The Bertz CT molecular complexity index is 1350. The van der Waals surface area contributed by atoms with Gasteiger partial charge in [0.2, 0.25) is 5.95 Å². The van der Waals surface area contributed by atoms with Gasteiger partial charge in [-0.3, -0.25) is 4.79 Å². The molecule has 0 saturated carbocycles. The van der Waals surface area contributed by atoms with Gasteiger partial charge in [-0.25, -0.2) is 14.4 Å². The number of hydrogen-bond acceptors (Lipinski definition) is 5. The van der Waals surface area contributed by atoms with Crippen LogP contribution in [-0.2, 0) is 12.8 Å². The van der Waals surface area contributed by atoms with Gasteiger partial charge in [0, 0.05) is 33.0 Å². The molecule has 1 aliphatic rings. The molecule has 1 atom stereocenters. The Hall–Kier alpha value is -3.58. The number of nitrogens with one attached hydrogen (secondary N) is 2. The lowest BCUT2D eigenvalue weighted by Gasteiger charge is -2.24. The maximum absolute atomic E-state index is 15.2. The second kappa shape index (κ2) is 9.96. The number of carbonyl (C=O) groups excluding carboxylic acids is 1. The van der Waals surface area contributed by atoms with Crippen LogP contribution in [0.25, 0.3) is 0 Å². The average Bonchev–Trinajstić information content (AvgIpc) is 3.20. The molecule has 0 spiro atoms. The van der Waals surface area contributed by atoms with Crippen LogP contribution in [0, 0.1) is 19.7 Å². The van der Waals surface area contributed by atoms with Crippen molar-refractivity contribution in [2.75, 3.05) is 10.6 Å². The quantitative estimate of drug-likeness (QED) is 0.321. The lowest BCUT2D eigenvalue weighted by Crippen LogP contribution is -2.20. The third kappa shape index (κ3) is 4.95. The first-order chi connectivity index (χ1) is 17.0. The molecule has 2 heterocycles. The molecule has 0 radical (unpaired) electrons. The number of thiophene rings is 1. The molecule has 1 amide bonds. The van der Waals surface area contributed by atoms with Gasteiger partial charge in [0.15, 0.2) is 0 Å². The van der Waals surface area contributed by atoms with Crippen LogP contribution >= 0.6 is 11.3 Å². The number of aromatic nitrogens is 2. The van der Waals surface area contributed by atoms with Gasteiger partial charge in [0.1, 0.15) is 10.8 Å². The van der Waals surface area contributed by atoms with Crippen molar-refractivity contribution in [3.8, 4) is 0 Å². The molecule has 5 rings (SSSR count). The average molecular weight is 487 g/mol. The minimum atomic E-state index is -0.554. The van der Waals surface area contributed by atoms with E-state index < -0.39 is 6.04 Å². The van der Waals surface area contributed by atoms with Crippen molar-refractivity contribution in [3.05, 3.63) is 105 Å². The first-order valence-electron chi connectivity index (χ1n) is 11.8. The van der Waals surface area contributed by atoms with Gasteiger partial charge < -0.3 is 10.6 Å². The summed E-state index contributed by atoms with van der Waals surface area (Å²) >= 11 is 1.60. The summed E-state index contributed by atoms with van der Waals surface area (Å²) in [5.74, 6) is -0.0577. The third-order valence-electron chi connectivity index (χ3n) is 6.24. The van der Waals surface area contributed by atoms with Crippen molar-refractivity contribution in [1.82, 2.24) is 9.97 Å². The van der Waals surface area contributed by atoms with E-state index in [9.17, 15) is 4.79 Å². The number of halogens is 1. The topological polar surface area (TPSA) is 66.9 Å². The third-order valence-corrected chi connectivity index (χ3v) is 7.46. The number of aryl methyl sites for hydroxylation is 3. The molecule has 1 aliphatic carbocycles. The second-order valence-corrected chi connectivity index (χ2v) is 9.95. The van der Waals surface area contributed by atoms with Gasteiger partial charge in [-0.1, -0.05) is 36.4 Å². The fraction of sp³-hybridized carbons (Fsp3) is 0.250. The zero-order chi connectivity index (χ0) is 24.4. The van der Waals surface area contributed by atoms with Gasteiger partial charge in [0.05, 0.1) is 6.04 Å². The molecule has 2 aromatic carbocycles. The lowest BCUT2D eigenvalue weighted by molar-refractivity contribution is 0.102. The van der Waals surface area contributed by atoms with Crippen molar-refractivity contribution in [2.24, 2.45) is 0 Å². The first kappa shape index (κ1) is 23.2. The van der Waals surface area contributed by atoms with E-state index in [2.05, 4.69) is 20.6 Å². The second-order valence-electron chi connectivity index (χ2n) is 8.85. The van der Waals surface area contributed by atoms with Gasteiger partial charge in [-0.05, 0) is 69.4 Å². The van der Waals surface area contributed by atoms with Crippen LogP contribution in [0.3, 0.4) is 0 Å². The molecule has 35 heavy (non-hydrogen) atoms. The molecule has 0 saturated heterocycles. The van der Waals surface area contributed by atoms with Crippen molar-refractivity contribution < 1.29 is 9.18 Å². The highest BCUT2D eigenvalue weighted by Crippen LogP contribution is 2.44. The molecule has 0 unspecified atom stereocenters. The SMILES string of the molecule is Cc1cc(C)nc(N[C@H](c2ccccc2F)c2c(NC(=O)c3ccccc3)sc3c2CCCC3)n1. The van der Waals surface area contributed by atoms with E-state index >= 15 is 4.39 Å². The minimum absolute atomic E-state index is 0.180. The summed E-state index contributed by atoms with van der Waals surface area (Å²) in [6.07, 6.45) is 4.02. The predicted molar refractivity (Wildman–Crippen MR) is 139 cm³/mol. The number of amides is 1. The van der Waals surface area contributed by atoms with E-state index in [0.29, 0.717) is 17.1 Å². The van der Waals surface area contributed by atoms with Gasteiger partial charge in [-0.15, -0.1) is 11.3 Å². The highest BCUT2D eigenvalue weighted by Gasteiger charge is 2.30. The fourth-order valence-corrected chi connectivity index (χ4v) is 6.01. The molecule has 2 aromatic heterocycles. The standard InChI is InChI=1S/C28H27FN4OS/c1-17-16-18(2)31-28(30-17)32-25(20-12-6-8-14-22(20)29)24-21-13-7-9-15-23(21)35-27(24)33-26(34)19-10-4-3-5-11-19/h3-6,8,10-12,14,16,25H,7,9,13,15H2,1-2H3,(H,33,34)(H,30,31,32)/t25-/m1/s1. The Balaban J connectivity index is 1.64. The largest absolute Gasteiger partial charge is 0.343 e. The molecule has 0 aliphatic heterocycles. The molecule has 5 nitrogen and oxygen atoms in total. The summed E-state index contributed by atoms with van der Waals surface area (Å²) in [6.45, 7) is 3.83. The molecule has 178 valence electrons. The molecular formula is C28H27FN4OS. The molecule has 7 heteroatoms. The van der Waals surface area contributed by atoms with E-state index in [0.717, 1.165) is 47.6 Å². The van der Waals surface area contributed by atoms with Crippen LogP contribution < -0.4 is 10.6 Å². The van der Waals surface area contributed by atoms with Crippen LogP contribution in [0.5, 0.6) is 0 Å². The number of fused-ring (bicyclic) bond motifs is 1. The van der Waals surface area contributed by atoms with Crippen LogP contribution in [0.1, 0.15) is 62.2 Å². The number of benzene rings is 2. The first-order valence-corrected chi connectivity index (χ1v) is 12.7. The number of anilines is 2. The summed E-state index contributed by atoms with van der Waals surface area (Å²) < 4.78 is 15.2. The molecule has 2 N–H and O–H groups in total. The molecule has 0 fully saturated rings. The summed E-state index contributed by atoms with van der Waals surface area (Å²) in [6, 6.07) is 17.3. The molecule has 0 bridgehead atoms. The Labute approximate surface area is 208 Å². The maximum Gasteiger partial charge on any atom is 0.256 e. The van der Waals surface area contributed by atoms with Crippen molar-refractivity contribution in [2.45, 2.75) is 45.6 Å². The number of rotatable bonds is 6. The predicted octanol–water partition coefficient (Wildman–Crippen LogP) is 6.63. The summed E-state index contributed by atoms with van der Waals surface area (Å²) in [5, 5.41) is 7.30. The monoisotopic (exact) mass is 486 g/mol. The molecule has 4 aromatic rings. The fourth-order valence-electron chi connectivity index (χ4n) is 4.69. The van der Waals surface area contributed by atoms with E-state index in [1.165, 1.54) is 16.5 Å². The van der Waals surface area contributed by atoms with Crippen molar-refractivity contribution in [3.63, 3.8) is 0 Å². The van der Waals surface area contributed by atoms with E-state index in [4.69, 9.17) is 0 Å². The zero-order valence-corrected chi connectivity index (χ0v) is 20.6. The van der Waals surface area contributed by atoms with Gasteiger partial charge in [0.25, 0.3) is 5.91 Å². The Kier molecular flexibility index (Phi) is 6.59. The summed E-state index contributed by atoms with van der Waals surface area (Å²) in [5.41, 5.74) is 4.83. The van der Waals surface area contributed by atoms with Crippen molar-refractivity contribution >= 4 is 28.2 Å². The van der Waals surface area contributed by atoms with Crippen LogP contribution in [0.4, 0.5) is 15.3 Å². The number of nitrogens with zero attached hydrogens (tertiary/aromatic N) is 2. The smallest absolute Gasteiger partial charge is 0.256 e. The van der Waals surface area contributed by atoms with E-state index in [1.807, 2.05) is 44.2 Å². The minimum Gasteiger partial charge on any atom is -0.343 e. The molecular weight excluding hydrogens is 459 g/mol. The normalized spacial score (nSPS) is 13.7. The zero-order valence-electron chi connectivity index (χ0n) is 19.8. The van der Waals surface area contributed by atoms with Crippen LogP contribution in [0.2, 0.25) is 0 Å². The highest BCUT2D eigenvalue weighted by atomic mass is 32.1. The van der Waals surface area contributed by atoms with E-state index in [-0.39, 0.29) is 11.7 Å². The summed E-state index contributed by atoms with van der Waals surface area (Å²) in [4.78, 5) is 23.5. The Morgan fingerprint density at radius 3 is 2.40 bits per heavy atom. The van der Waals surface area contributed by atoms with Gasteiger partial charge >= 0.3 is 0 Å². The summed E-state index contributed by atoms with van der Waals surface area (Å²) in [7, 11) is 0. The highest BCUT2D eigenvalue weighted by molar-refractivity contribution is 7.16. The number of hydrogen-bond donors (Lipinski definition) is 2. The Morgan fingerprint density at radius 1 is 0.971 bits per heavy atom. The van der Waals surface area contributed by atoms with E-state index in [1.54, 1.807) is 35.6 Å². The van der Waals surface area contributed by atoms with Crippen LogP contribution in [0.15, 0.2) is 60.7 Å². The lowest BCUT2D eigenvalue weighted by atomic mass is 9.89. The van der Waals surface area contributed by atoms with Crippen molar-refractivity contribution in [1.29, 1.82) is 0 Å².